The molecule has 0 aliphatic rings. The number of aryl methyl sites for hydroxylation is 1. The summed E-state index contributed by atoms with van der Waals surface area (Å²) in [5.74, 6) is 0. The van der Waals surface area contributed by atoms with Crippen molar-refractivity contribution >= 4 is 21.4 Å². The molecule has 0 spiro atoms. The van der Waals surface area contributed by atoms with E-state index in [9.17, 15) is 8.42 Å². The summed E-state index contributed by atoms with van der Waals surface area (Å²) in [6.45, 7) is 2.59. The summed E-state index contributed by atoms with van der Waals surface area (Å²) in [4.78, 5) is 3.00. The number of sulfonamides is 1. The lowest BCUT2D eigenvalue weighted by Crippen LogP contribution is -2.10. The van der Waals surface area contributed by atoms with Gasteiger partial charge < -0.3 is 10.3 Å². The quantitative estimate of drug-likeness (QED) is 0.786. The second-order valence-corrected chi connectivity index (χ2v) is 6.23. The van der Waals surface area contributed by atoms with E-state index in [1.54, 1.807) is 6.07 Å². The highest BCUT2D eigenvalue weighted by molar-refractivity contribution is 7.92. The molecular weight excluding hydrogens is 262 g/mol. The maximum Gasteiger partial charge on any atom is 0.229 e. The first-order chi connectivity index (χ1) is 8.94. The smallest absolute Gasteiger partial charge is 0.229 e. The summed E-state index contributed by atoms with van der Waals surface area (Å²) in [5.41, 5.74) is 3.60. The van der Waals surface area contributed by atoms with Gasteiger partial charge in [0.05, 0.1) is 11.9 Å². The van der Waals surface area contributed by atoms with Crippen molar-refractivity contribution in [2.75, 3.05) is 16.3 Å². The largest absolute Gasteiger partial charge is 0.381 e. The van der Waals surface area contributed by atoms with Crippen LogP contribution in [0.25, 0.3) is 0 Å². The van der Waals surface area contributed by atoms with Crippen molar-refractivity contribution in [3.63, 3.8) is 0 Å². The van der Waals surface area contributed by atoms with Gasteiger partial charge in [0.1, 0.15) is 0 Å². The van der Waals surface area contributed by atoms with Crippen LogP contribution in [0.2, 0.25) is 0 Å². The van der Waals surface area contributed by atoms with Crippen LogP contribution in [0.5, 0.6) is 0 Å². The number of hydrogen-bond acceptors (Lipinski definition) is 3. The third kappa shape index (κ3) is 4.03. The normalized spacial score (nSPS) is 11.3. The zero-order valence-electron chi connectivity index (χ0n) is 10.9. The number of hydrogen-bond donors (Lipinski definition) is 3. The van der Waals surface area contributed by atoms with Crippen LogP contribution < -0.4 is 10.0 Å². The van der Waals surface area contributed by atoms with Crippen molar-refractivity contribution in [1.29, 1.82) is 0 Å². The van der Waals surface area contributed by atoms with Crippen LogP contribution in [0.15, 0.2) is 36.7 Å². The Balaban J connectivity index is 2.06. The number of nitrogens with one attached hydrogen (secondary N) is 3. The van der Waals surface area contributed by atoms with E-state index in [1.165, 1.54) is 0 Å². The molecule has 0 atom stereocenters. The minimum absolute atomic E-state index is 0.606. The molecular formula is C13H17N3O2S. The summed E-state index contributed by atoms with van der Waals surface area (Å²) < 4.78 is 24.9. The first-order valence-electron chi connectivity index (χ1n) is 5.88. The molecule has 0 aliphatic heterocycles. The van der Waals surface area contributed by atoms with E-state index in [0.717, 1.165) is 29.6 Å². The van der Waals surface area contributed by atoms with Gasteiger partial charge in [-0.3, -0.25) is 4.72 Å². The third-order valence-electron chi connectivity index (χ3n) is 2.68. The number of aromatic nitrogens is 1. The second-order valence-electron chi connectivity index (χ2n) is 4.48. The molecule has 0 saturated carbocycles. The molecule has 0 aliphatic carbocycles. The average Bonchev–Trinajstić information content (AvgIpc) is 2.81. The second kappa shape index (κ2) is 5.36. The van der Waals surface area contributed by atoms with Gasteiger partial charge in [-0.1, -0.05) is 0 Å². The average molecular weight is 279 g/mol. The van der Waals surface area contributed by atoms with E-state index in [1.807, 2.05) is 37.5 Å². The fourth-order valence-corrected chi connectivity index (χ4v) is 2.39. The van der Waals surface area contributed by atoms with Gasteiger partial charge in [-0.2, -0.15) is 0 Å². The predicted molar refractivity (Wildman–Crippen MR) is 77.8 cm³/mol. The van der Waals surface area contributed by atoms with Gasteiger partial charge in [0.15, 0.2) is 0 Å². The Morgan fingerprint density at radius 1 is 1.26 bits per heavy atom. The molecule has 1 heterocycles. The molecule has 0 unspecified atom stereocenters. The van der Waals surface area contributed by atoms with Crippen LogP contribution in [0.1, 0.15) is 11.1 Å². The Bertz CT molecular complexity index is 649. The molecule has 2 aromatic rings. The zero-order chi connectivity index (χ0) is 13.9. The van der Waals surface area contributed by atoms with Gasteiger partial charge >= 0.3 is 0 Å². The van der Waals surface area contributed by atoms with Crippen LogP contribution in [-0.2, 0) is 16.6 Å². The molecule has 1 aromatic heterocycles. The fraction of sp³-hybridized carbons (Fsp3) is 0.231. The highest BCUT2D eigenvalue weighted by Crippen LogP contribution is 2.20. The highest BCUT2D eigenvalue weighted by atomic mass is 32.2. The fourth-order valence-electron chi connectivity index (χ4n) is 1.76. The van der Waals surface area contributed by atoms with E-state index in [0.29, 0.717) is 5.69 Å². The van der Waals surface area contributed by atoms with Crippen LogP contribution in [0.3, 0.4) is 0 Å². The molecule has 0 bridgehead atoms. The Morgan fingerprint density at radius 2 is 2.05 bits per heavy atom. The van der Waals surface area contributed by atoms with E-state index >= 15 is 0 Å². The van der Waals surface area contributed by atoms with Crippen molar-refractivity contribution in [3.8, 4) is 0 Å². The van der Waals surface area contributed by atoms with Crippen molar-refractivity contribution in [2.45, 2.75) is 13.5 Å². The van der Waals surface area contributed by atoms with Gasteiger partial charge in [0.25, 0.3) is 0 Å². The molecule has 102 valence electrons. The first kappa shape index (κ1) is 13.5. The Kier molecular flexibility index (Phi) is 3.80. The Labute approximate surface area is 113 Å². The topological polar surface area (TPSA) is 74.0 Å². The number of benzene rings is 1. The van der Waals surface area contributed by atoms with Crippen LogP contribution in [0.4, 0.5) is 11.4 Å². The number of rotatable bonds is 5. The van der Waals surface area contributed by atoms with Gasteiger partial charge in [-0.25, -0.2) is 8.42 Å². The number of aromatic amines is 1. The summed E-state index contributed by atoms with van der Waals surface area (Å²) in [6.07, 6.45) is 4.95. The Hall–Kier alpha value is -1.95. The minimum atomic E-state index is -3.23. The van der Waals surface area contributed by atoms with Crippen LogP contribution in [0, 0.1) is 6.92 Å². The summed E-state index contributed by atoms with van der Waals surface area (Å²) in [5, 5.41) is 3.28. The molecule has 6 heteroatoms. The van der Waals surface area contributed by atoms with Crippen LogP contribution >= 0.6 is 0 Å². The van der Waals surface area contributed by atoms with E-state index in [2.05, 4.69) is 15.0 Å². The van der Waals surface area contributed by atoms with Gasteiger partial charge in [-0.05, 0) is 42.3 Å². The molecule has 0 radical (unpaired) electrons. The third-order valence-corrected chi connectivity index (χ3v) is 3.27. The first-order valence-corrected chi connectivity index (χ1v) is 7.77. The van der Waals surface area contributed by atoms with Crippen LogP contribution in [-0.4, -0.2) is 19.7 Å². The lowest BCUT2D eigenvalue weighted by Gasteiger charge is -2.11. The standard InChI is InChI=1S/C13H17N3O2S/c1-10-7-12(15-9-11-5-6-14-8-11)3-4-13(10)16-19(2,17)18/h3-8,14-16H,9H2,1-2H3. The van der Waals surface area contributed by atoms with E-state index in [-0.39, 0.29) is 0 Å². The molecule has 0 fully saturated rings. The van der Waals surface area contributed by atoms with Crippen molar-refractivity contribution in [2.24, 2.45) is 0 Å². The molecule has 1 aromatic carbocycles. The lowest BCUT2D eigenvalue weighted by atomic mass is 10.2. The minimum Gasteiger partial charge on any atom is -0.381 e. The van der Waals surface area contributed by atoms with Gasteiger partial charge in [-0.15, -0.1) is 0 Å². The predicted octanol–water partition coefficient (Wildman–Crippen LogP) is 2.31. The number of anilines is 2. The SMILES string of the molecule is Cc1cc(NCc2cc[nH]c2)ccc1NS(C)(=O)=O. The van der Waals surface area contributed by atoms with Crippen molar-refractivity contribution < 1.29 is 8.42 Å². The van der Waals surface area contributed by atoms with Gasteiger partial charge in [0.2, 0.25) is 10.0 Å². The van der Waals surface area contributed by atoms with E-state index < -0.39 is 10.0 Å². The zero-order valence-corrected chi connectivity index (χ0v) is 11.7. The molecule has 5 nitrogen and oxygen atoms in total. The number of H-pyrrole nitrogens is 1. The molecule has 0 saturated heterocycles. The van der Waals surface area contributed by atoms with Gasteiger partial charge in [0, 0.05) is 24.6 Å². The lowest BCUT2D eigenvalue weighted by molar-refractivity contribution is 0.607. The summed E-state index contributed by atoms with van der Waals surface area (Å²) in [7, 11) is -3.23. The monoisotopic (exact) mass is 279 g/mol. The van der Waals surface area contributed by atoms with E-state index in [4.69, 9.17) is 0 Å². The molecule has 19 heavy (non-hydrogen) atoms. The maximum absolute atomic E-state index is 11.2. The molecule has 0 amide bonds. The van der Waals surface area contributed by atoms with Crippen molar-refractivity contribution in [1.82, 2.24) is 4.98 Å². The maximum atomic E-state index is 11.2. The molecule has 3 N–H and O–H groups in total. The van der Waals surface area contributed by atoms with Crippen molar-refractivity contribution in [3.05, 3.63) is 47.8 Å². The molecule has 2 rings (SSSR count). The Morgan fingerprint density at radius 3 is 2.63 bits per heavy atom. The summed E-state index contributed by atoms with van der Waals surface area (Å²) in [6, 6.07) is 7.53. The highest BCUT2D eigenvalue weighted by Gasteiger charge is 2.05. The summed E-state index contributed by atoms with van der Waals surface area (Å²) >= 11 is 0.